The maximum absolute atomic E-state index is 12.6. The van der Waals surface area contributed by atoms with Gasteiger partial charge in [0, 0.05) is 19.3 Å². The Morgan fingerprint density at radius 2 is 1.89 bits per heavy atom. The van der Waals surface area contributed by atoms with E-state index in [1.54, 1.807) is 17.3 Å². The van der Waals surface area contributed by atoms with Crippen LogP contribution in [0.15, 0.2) is 36.7 Å². The number of aromatic nitrogens is 2. The molecule has 1 aromatic heterocycles. The third kappa shape index (κ3) is 4.33. The van der Waals surface area contributed by atoms with Gasteiger partial charge in [0.05, 0.1) is 12.4 Å². The van der Waals surface area contributed by atoms with Gasteiger partial charge in [-0.2, -0.15) is 0 Å². The van der Waals surface area contributed by atoms with Crippen LogP contribution in [0.5, 0.6) is 0 Å². The van der Waals surface area contributed by atoms with Gasteiger partial charge < -0.3 is 15.5 Å². The first kappa shape index (κ1) is 18.9. The Labute approximate surface area is 166 Å². The lowest BCUT2D eigenvalue weighted by atomic mass is 9.97. The molecule has 6 nitrogen and oxygen atoms in total. The van der Waals surface area contributed by atoms with E-state index >= 15 is 0 Å². The number of rotatable bonds is 6. The first-order valence-electron chi connectivity index (χ1n) is 10.2. The van der Waals surface area contributed by atoms with Gasteiger partial charge in [-0.15, -0.1) is 0 Å². The van der Waals surface area contributed by atoms with E-state index in [2.05, 4.69) is 51.8 Å². The number of hydrogen-bond acceptors (Lipinski definition) is 5. The van der Waals surface area contributed by atoms with Crippen LogP contribution in [0.4, 0.5) is 11.5 Å². The first-order chi connectivity index (χ1) is 13.5. The summed E-state index contributed by atoms with van der Waals surface area (Å²) in [5.74, 6) is 1.13. The Balaban J connectivity index is 1.34. The van der Waals surface area contributed by atoms with Crippen LogP contribution < -0.4 is 10.6 Å². The molecular weight excluding hydrogens is 350 g/mol. The molecule has 0 spiro atoms. The summed E-state index contributed by atoms with van der Waals surface area (Å²) < 4.78 is 0. The zero-order chi connectivity index (χ0) is 19.6. The highest BCUT2D eigenvalue weighted by Gasteiger charge is 2.38. The summed E-state index contributed by atoms with van der Waals surface area (Å²) >= 11 is 0. The van der Waals surface area contributed by atoms with E-state index in [0.717, 1.165) is 38.2 Å². The predicted molar refractivity (Wildman–Crippen MR) is 111 cm³/mol. The number of amides is 1. The minimum atomic E-state index is -0.0698. The van der Waals surface area contributed by atoms with Gasteiger partial charge in [0.25, 0.3) is 5.91 Å². The number of anilines is 2. The van der Waals surface area contributed by atoms with E-state index in [1.807, 2.05) is 7.05 Å². The van der Waals surface area contributed by atoms with E-state index in [-0.39, 0.29) is 5.91 Å². The molecule has 0 atom stereocenters. The molecular formula is C22H29N5O. The van der Waals surface area contributed by atoms with Gasteiger partial charge in [0.15, 0.2) is 0 Å². The highest BCUT2D eigenvalue weighted by atomic mass is 16.2. The van der Waals surface area contributed by atoms with Crippen LogP contribution >= 0.6 is 0 Å². The van der Waals surface area contributed by atoms with Crippen LogP contribution in [0, 0.1) is 5.92 Å². The summed E-state index contributed by atoms with van der Waals surface area (Å²) in [5, 5.41) is 6.61. The van der Waals surface area contributed by atoms with Gasteiger partial charge >= 0.3 is 0 Å². The molecule has 1 aliphatic heterocycles. The highest BCUT2D eigenvalue weighted by molar-refractivity contribution is 5.91. The van der Waals surface area contributed by atoms with E-state index in [1.165, 1.54) is 18.4 Å². The Morgan fingerprint density at radius 3 is 2.50 bits per heavy atom. The molecule has 2 N–H and O–H groups in total. The fourth-order valence-corrected chi connectivity index (χ4v) is 3.81. The number of nitrogens with zero attached hydrogens (tertiary/aromatic N) is 3. The van der Waals surface area contributed by atoms with Gasteiger partial charge in [0.1, 0.15) is 11.5 Å². The van der Waals surface area contributed by atoms with Crippen molar-refractivity contribution < 1.29 is 4.79 Å². The summed E-state index contributed by atoms with van der Waals surface area (Å²) in [6.07, 6.45) is 7.96. The molecule has 148 valence electrons. The second-order valence-electron chi connectivity index (χ2n) is 8.43. The van der Waals surface area contributed by atoms with Gasteiger partial charge in [0.2, 0.25) is 0 Å². The quantitative estimate of drug-likeness (QED) is 0.806. The molecule has 1 saturated carbocycles. The molecule has 0 radical (unpaired) electrons. The van der Waals surface area contributed by atoms with Crippen molar-refractivity contribution in [3.8, 4) is 0 Å². The van der Waals surface area contributed by atoms with Crippen molar-refractivity contribution in [3.63, 3.8) is 0 Å². The van der Waals surface area contributed by atoms with Crippen molar-refractivity contribution in [1.29, 1.82) is 0 Å². The molecule has 2 aromatic rings. The van der Waals surface area contributed by atoms with E-state index in [4.69, 9.17) is 0 Å². The van der Waals surface area contributed by atoms with E-state index in [9.17, 15) is 4.79 Å². The maximum Gasteiger partial charge on any atom is 0.273 e. The minimum absolute atomic E-state index is 0.0698. The van der Waals surface area contributed by atoms with Crippen LogP contribution in [0.1, 0.15) is 48.7 Å². The van der Waals surface area contributed by atoms with Crippen molar-refractivity contribution in [2.75, 3.05) is 32.0 Å². The Bertz CT molecular complexity index is 808. The predicted octanol–water partition coefficient (Wildman–Crippen LogP) is 3.34. The lowest BCUT2D eigenvalue weighted by Crippen LogP contribution is -2.37. The normalized spacial score (nSPS) is 18.5. The largest absolute Gasteiger partial charge is 0.340 e. The summed E-state index contributed by atoms with van der Waals surface area (Å²) in [5.41, 5.74) is 3.13. The number of carbonyl (C=O) groups excluding carboxylic acids is 1. The fourth-order valence-electron chi connectivity index (χ4n) is 3.81. The number of nitrogens with one attached hydrogen (secondary N) is 2. The monoisotopic (exact) mass is 379 g/mol. The van der Waals surface area contributed by atoms with Crippen LogP contribution in [0.25, 0.3) is 0 Å². The number of benzene rings is 1. The number of piperidine rings is 1. The zero-order valence-corrected chi connectivity index (χ0v) is 16.7. The second kappa shape index (κ2) is 7.87. The van der Waals surface area contributed by atoms with Crippen LogP contribution in [-0.4, -0.2) is 47.5 Å². The average Bonchev–Trinajstić information content (AvgIpc) is 3.48. The van der Waals surface area contributed by atoms with E-state index < -0.39 is 0 Å². The van der Waals surface area contributed by atoms with Crippen molar-refractivity contribution >= 4 is 17.4 Å². The summed E-state index contributed by atoms with van der Waals surface area (Å²) in [6.45, 7) is 5.15. The topological polar surface area (TPSA) is 70.2 Å². The van der Waals surface area contributed by atoms with Gasteiger partial charge in [-0.25, -0.2) is 9.97 Å². The smallest absolute Gasteiger partial charge is 0.273 e. The fraction of sp³-hybridized carbons (Fsp3) is 0.500. The Hall–Kier alpha value is -2.47. The van der Waals surface area contributed by atoms with Crippen LogP contribution in [0.3, 0.4) is 0 Å². The maximum atomic E-state index is 12.6. The van der Waals surface area contributed by atoms with Crippen LogP contribution in [-0.2, 0) is 5.41 Å². The lowest BCUT2D eigenvalue weighted by molar-refractivity contribution is 0.0756. The molecule has 1 aromatic carbocycles. The molecule has 0 unspecified atom stereocenters. The van der Waals surface area contributed by atoms with Crippen LogP contribution in [0.2, 0.25) is 0 Å². The van der Waals surface area contributed by atoms with Gasteiger partial charge in [-0.1, -0.05) is 19.1 Å². The summed E-state index contributed by atoms with van der Waals surface area (Å²) in [6, 6.07) is 8.51. The summed E-state index contributed by atoms with van der Waals surface area (Å²) in [4.78, 5) is 23.1. The zero-order valence-electron chi connectivity index (χ0n) is 16.7. The molecule has 2 aliphatic rings. The molecule has 6 heteroatoms. The standard InChI is InChI=1S/C22H29N5O/c1-22(9-10-22)17-3-5-18(6-4-17)26-20-14-24-19(13-25-20)21(28)27(2)15-16-7-11-23-12-8-16/h3-6,13-14,16,23H,7-12,15H2,1-2H3,(H,25,26). The minimum Gasteiger partial charge on any atom is -0.340 e. The SMILES string of the molecule is CN(CC1CCNCC1)C(=O)c1cnc(Nc2ccc(C3(C)CC3)cc2)cn1. The van der Waals surface area contributed by atoms with Crippen molar-refractivity contribution in [2.45, 2.75) is 38.0 Å². The van der Waals surface area contributed by atoms with Crippen molar-refractivity contribution in [1.82, 2.24) is 20.2 Å². The molecule has 2 fully saturated rings. The molecule has 1 amide bonds. The molecule has 1 saturated heterocycles. The molecule has 0 bridgehead atoms. The van der Waals surface area contributed by atoms with Crippen molar-refractivity contribution in [2.24, 2.45) is 5.92 Å². The summed E-state index contributed by atoms with van der Waals surface area (Å²) in [7, 11) is 1.85. The average molecular weight is 380 g/mol. The molecule has 28 heavy (non-hydrogen) atoms. The molecule has 2 heterocycles. The third-order valence-corrected chi connectivity index (χ3v) is 6.06. The van der Waals surface area contributed by atoms with Gasteiger partial charge in [-0.3, -0.25) is 4.79 Å². The first-order valence-corrected chi connectivity index (χ1v) is 10.2. The Kier molecular flexibility index (Phi) is 5.31. The van der Waals surface area contributed by atoms with E-state index in [0.29, 0.717) is 22.8 Å². The number of carbonyl (C=O) groups is 1. The third-order valence-electron chi connectivity index (χ3n) is 6.06. The second-order valence-corrected chi connectivity index (χ2v) is 8.43. The van der Waals surface area contributed by atoms with Gasteiger partial charge in [-0.05, 0) is 67.8 Å². The molecule has 1 aliphatic carbocycles. The lowest BCUT2D eigenvalue weighted by Gasteiger charge is -2.27. The molecule has 4 rings (SSSR count). The van der Waals surface area contributed by atoms with Crippen molar-refractivity contribution in [3.05, 3.63) is 47.9 Å². The number of hydrogen-bond donors (Lipinski definition) is 2. The highest BCUT2D eigenvalue weighted by Crippen LogP contribution is 2.47. The Morgan fingerprint density at radius 1 is 1.18 bits per heavy atom.